The van der Waals surface area contributed by atoms with Crippen LogP contribution >= 0.6 is 11.3 Å². The molecule has 1 aliphatic carbocycles. The van der Waals surface area contributed by atoms with Crippen molar-refractivity contribution >= 4 is 23.2 Å². The van der Waals surface area contributed by atoms with E-state index in [1.165, 1.54) is 5.56 Å². The van der Waals surface area contributed by atoms with Gasteiger partial charge in [-0.1, -0.05) is 48.5 Å². The van der Waals surface area contributed by atoms with E-state index in [1.54, 1.807) is 22.1 Å². The van der Waals surface area contributed by atoms with E-state index in [9.17, 15) is 9.59 Å². The van der Waals surface area contributed by atoms with Gasteiger partial charge in [0.05, 0.1) is 16.6 Å². The molecule has 0 saturated carbocycles. The van der Waals surface area contributed by atoms with Crippen LogP contribution in [0.25, 0.3) is 16.3 Å². The van der Waals surface area contributed by atoms with E-state index in [2.05, 4.69) is 22.5 Å². The van der Waals surface area contributed by atoms with Crippen molar-refractivity contribution in [2.24, 2.45) is 0 Å². The molecule has 0 aliphatic heterocycles. The molecule has 7 heteroatoms. The van der Waals surface area contributed by atoms with Gasteiger partial charge in [-0.3, -0.25) is 4.79 Å². The smallest absolute Gasteiger partial charge is 0.357 e. The third-order valence-electron chi connectivity index (χ3n) is 5.73. The van der Waals surface area contributed by atoms with Crippen molar-refractivity contribution in [1.29, 1.82) is 0 Å². The van der Waals surface area contributed by atoms with Crippen LogP contribution in [0.3, 0.4) is 0 Å². The van der Waals surface area contributed by atoms with Crippen LogP contribution in [0, 0.1) is 0 Å². The fraction of sp³-hybridized carbons (Fsp3) is 0.192. The molecule has 1 amide bonds. The summed E-state index contributed by atoms with van der Waals surface area (Å²) in [7, 11) is 0. The summed E-state index contributed by atoms with van der Waals surface area (Å²) in [6, 6.07) is 23.1. The van der Waals surface area contributed by atoms with Crippen LogP contribution in [0.2, 0.25) is 0 Å². The lowest BCUT2D eigenvalue weighted by Gasteiger charge is -2.26. The van der Waals surface area contributed by atoms with E-state index in [0.29, 0.717) is 5.69 Å². The molecule has 0 unspecified atom stereocenters. The molecule has 0 radical (unpaired) electrons. The quantitative estimate of drug-likeness (QED) is 0.416. The summed E-state index contributed by atoms with van der Waals surface area (Å²) in [5.74, 6) is -0.900. The number of aromatic nitrogens is 2. The minimum atomic E-state index is -0.589. The molecule has 1 N–H and O–H groups in total. The number of para-hydroxylation sites is 1. The first-order valence-corrected chi connectivity index (χ1v) is 11.8. The first kappa shape index (κ1) is 21.2. The average molecular weight is 458 g/mol. The zero-order chi connectivity index (χ0) is 22.6. The second-order valence-corrected chi connectivity index (χ2v) is 8.87. The minimum Gasteiger partial charge on any atom is -0.451 e. The first-order valence-electron chi connectivity index (χ1n) is 10.9. The lowest BCUT2D eigenvalue weighted by molar-refractivity contribution is -0.125. The summed E-state index contributed by atoms with van der Waals surface area (Å²) >= 11 is 1.54. The number of aryl methyl sites for hydroxylation is 1. The van der Waals surface area contributed by atoms with E-state index in [0.717, 1.165) is 35.4 Å². The lowest BCUT2D eigenvalue weighted by atomic mass is 9.88. The predicted molar refractivity (Wildman–Crippen MR) is 127 cm³/mol. The monoisotopic (exact) mass is 457 g/mol. The highest BCUT2D eigenvalue weighted by Crippen LogP contribution is 2.29. The Balaban J connectivity index is 1.30. The van der Waals surface area contributed by atoms with E-state index in [4.69, 9.17) is 4.74 Å². The molecule has 5 rings (SSSR count). The van der Waals surface area contributed by atoms with Crippen molar-refractivity contribution < 1.29 is 14.3 Å². The highest BCUT2D eigenvalue weighted by atomic mass is 32.1. The van der Waals surface area contributed by atoms with Crippen LogP contribution in [0.4, 0.5) is 0 Å². The maximum Gasteiger partial charge on any atom is 0.357 e. The number of nitrogens with one attached hydrogen (secondary N) is 1. The molecule has 0 spiro atoms. The number of carbonyl (C=O) groups is 2. The fourth-order valence-corrected chi connectivity index (χ4v) is 4.86. The van der Waals surface area contributed by atoms with Gasteiger partial charge in [-0.15, -0.1) is 11.3 Å². The van der Waals surface area contributed by atoms with E-state index in [-0.39, 0.29) is 24.2 Å². The summed E-state index contributed by atoms with van der Waals surface area (Å²) in [5, 5.41) is 9.60. The Kier molecular flexibility index (Phi) is 6.04. The standard InChI is InChI=1S/C26H23N3O3S/c30-25(27-21-13-6-9-18-8-4-5-12-20(18)21)17-32-26(31)23-16-22(24-14-7-15-33-24)28-29(23)19-10-2-1-3-11-19/h1-5,7-8,10-12,14-16,21H,6,9,13,17H2,(H,27,30)/t21-/m1/s1. The summed E-state index contributed by atoms with van der Waals surface area (Å²) in [5.41, 5.74) is 4.12. The Hall–Kier alpha value is -3.71. The molecular formula is C26H23N3O3S. The van der Waals surface area contributed by atoms with Crippen LogP contribution in [-0.4, -0.2) is 28.3 Å². The van der Waals surface area contributed by atoms with Gasteiger partial charge in [-0.25, -0.2) is 9.48 Å². The summed E-state index contributed by atoms with van der Waals surface area (Å²) in [6.07, 6.45) is 2.92. The first-order chi connectivity index (χ1) is 16.2. The average Bonchev–Trinajstić information content (AvgIpc) is 3.54. The topological polar surface area (TPSA) is 73.2 Å². The number of carbonyl (C=O) groups excluding carboxylic acids is 2. The maximum absolute atomic E-state index is 13.0. The van der Waals surface area contributed by atoms with Gasteiger partial charge in [-0.05, 0) is 54.0 Å². The van der Waals surface area contributed by atoms with Crippen molar-refractivity contribution in [3.05, 3.63) is 95.0 Å². The van der Waals surface area contributed by atoms with Gasteiger partial charge in [0.2, 0.25) is 0 Å². The van der Waals surface area contributed by atoms with Gasteiger partial charge < -0.3 is 10.1 Å². The second kappa shape index (κ2) is 9.42. The van der Waals surface area contributed by atoms with Gasteiger partial charge in [-0.2, -0.15) is 5.10 Å². The molecule has 0 bridgehead atoms. The van der Waals surface area contributed by atoms with Gasteiger partial charge >= 0.3 is 5.97 Å². The summed E-state index contributed by atoms with van der Waals surface area (Å²) in [6.45, 7) is -0.341. The van der Waals surface area contributed by atoms with E-state index < -0.39 is 5.97 Å². The van der Waals surface area contributed by atoms with Gasteiger partial charge in [0.1, 0.15) is 5.69 Å². The summed E-state index contributed by atoms with van der Waals surface area (Å²) in [4.78, 5) is 26.5. The zero-order valence-electron chi connectivity index (χ0n) is 17.9. The molecule has 2 aromatic heterocycles. The molecule has 0 fully saturated rings. The van der Waals surface area contributed by atoms with Crippen molar-refractivity contribution in [2.45, 2.75) is 25.3 Å². The fourth-order valence-electron chi connectivity index (χ4n) is 4.18. The number of hydrogen-bond donors (Lipinski definition) is 1. The molecule has 1 atom stereocenters. The molecule has 0 saturated heterocycles. The van der Waals surface area contributed by atoms with Gasteiger partial charge in [0.15, 0.2) is 12.3 Å². The molecular weight excluding hydrogens is 434 g/mol. The largest absolute Gasteiger partial charge is 0.451 e. The van der Waals surface area contributed by atoms with Crippen molar-refractivity contribution in [3.63, 3.8) is 0 Å². The van der Waals surface area contributed by atoms with Crippen molar-refractivity contribution in [1.82, 2.24) is 15.1 Å². The normalized spacial score (nSPS) is 15.0. The Morgan fingerprint density at radius 2 is 1.88 bits per heavy atom. The summed E-state index contributed by atoms with van der Waals surface area (Å²) < 4.78 is 6.97. The molecule has 2 heterocycles. The number of fused-ring (bicyclic) bond motifs is 1. The number of ether oxygens (including phenoxy) is 1. The van der Waals surface area contributed by atoms with E-state index in [1.807, 2.05) is 60.0 Å². The highest BCUT2D eigenvalue weighted by molar-refractivity contribution is 7.13. The maximum atomic E-state index is 13.0. The Morgan fingerprint density at radius 3 is 2.70 bits per heavy atom. The van der Waals surface area contributed by atoms with Gasteiger partial charge in [0, 0.05) is 6.07 Å². The van der Waals surface area contributed by atoms with Crippen LogP contribution in [0.1, 0.15) is 40.5 Å². The third kappa shape index (κ3) is 4.59. The molecule has 33 heavy (non-hydrogen) atoms. The van der Waals surface area contributed by atoms with Crippen LogP contribution < -0.4 is 5.32 Å². The highest BCUT2D eigenvalue weighted by Gasteiger charge is 2.23. The van der Waals surface area contributed by atoms with Crippen molar-refractivity contribution in [3.8, 4) is 16.3 Å². The molecule has 1 aliphatic rings. The van der Waals surface area contributed by atoms with Crippen molar-refractivity contribution in [2.75, 3.05) is 6.61 Å². The Bertz CT molecular complexity index is 1270. The number of hydrogen-bond acceptors (Lipinski definition) is 5. The second-order valence-electron chi connectivity index (χ2n) is 7.93. The molecule has 166 valence electrons. The number of amides is 1. The molecule has 6 nitrogen and oxygen atoms in total. The van der Waals surface area contributed by atoms with Crippen LogP contribution in [0.5, 0.6) is 0 Å². The molecule has 2 aromatic carbocycles. The Labute approximate surface area is 195 Å². The lowest BCUT2D eigenvalue weighted by Crippen LogP contribution is -2.34. The SMILES string of the molecule is O=C(COC(=O)c1cc(-c2cccs2)nn1-c1ccccc1)N[C@@H]1CCCc2ccccc21. The van der Waals surface area contributed by atoms with E-state index >= 15 is 0 Å². The number of esters is 1. The minimum absolute atomic E-state index is 0.0542. The Morgan fingerprint density at radius 1 is 1.06 bits per heavy atom. The third-order valence-corrected chi connectivity index (χ3v) is 6.62. The van der Waals surface area contributed by atoms with Crippen LogP contribution in [-0.2, 0) is 16.0 Å². The predicted octanol–water partition coefficient (Wildman–Crippen LogP) is 4.95. The number of benzene rings is 2. The molecule has 4 aromatic rings. The number of nitrogens with zero attached hydrogens (tertiary/aromatic N) is 2. The van der Waals surface area contributed by atoms with Gasteiger partial charge in [0.25, 0.3) is 5.91 Å². The zero-order valence-corrected chi connectivity index (χ0v) is 18.8. The number of rotatable bonds is 6. The van der Waals surface area contributed by atoms with Crippen LogP contribution in [0.15, 0.2) is 78.2 Å². The number of thiophene rings is 1.